The summed E-state index contributed by atoms with van der Waals surface area (Å²) in [4.78, 5) is 22.8. The van der Waals surface area contributed by atoms with Crippen LogP contribution >= 0.6 is 0 Å². The molecule has 0 aromatic heterocycles. The summed E-state index contributed by atoms with van der Waals surface area (Å²) in [5.74, 6) is -0.348. The van der Waals surface area contributed by atoms with Crippen molar-refractivity contribution in [1.82, 2.24) is 10.6 Å². The van der Waals surface area contributed by atoms with Crippen LogP contribution in [0.5, 0.6) is 0 Å². The number of carbonyl (C=O) groups is 2. The molecule has 0 aliphatic rings. The standard InChI is InChI=1S/C14H28N2O3/c1-9(2)7-11(12(17)18)16-13(19)15-8-14(5,6)10(3)4/h9-11H,7-8H2,1-6H3,(H,17,18)(H2,15,16,19). The zero-order chi connectivity index (χ0) is 15.2. The Labute approximate surface area is 116 Å². The predicted molar refractivity (Wildman–Crippen MR) is 76.0 cm³/mol. The van der Waals surface area contributed by atoms with E-state index in [1.54, 1.807) is 0 Å². The second kappa shape index (κ2) is 7.36. The van der Waals surface area contributed by atoms with Crippen LogP contribution in [-0.2, 0) is 4.79 Å². The lowest BCUT2D eigenvalue weighted by Crippen LogP contribution is -2.49. The van der Waals surface area contributed by atoms with Crippen LogP contribution in [0.2, 0.25) is 0 Å². The van der Waals surface area contributed by atoms with E-state index in [4.69, 9.17) is 5.11 Å². The topological polar surface area (TPSA) is 78.4 Å². The lowest BCUT2D eigenvalue weighted by Gasteiger charge is -2.29. The molecule has 3 N–H and O–H groups in total. The minimum absolute atomic E-state index is 0.0197. The van der Waals surface area contributed by atoms with Gasteiger partial charge >= 0.3 is 12.0 Å². The van der Waals surface area contributed by atoms with Crippen molar-refractivity contribution in [2.75, 3.05) is 6.54 Å². The lowest BCUT2D eigenvalue weighted by molar-refractivity contribution is -0.139. The Balaban J connectivity index is 4.32. The highest BCUT2D eigenvalue weighted by molar-refractivity contribution is 5.82. The zero-order valence-corrected chi connectivity index (χ0v) is 12.9. The SMILES string of the molecule is CC(C)CC(NC(=O)NCC(C)(C)C(C)C)C(=O)O. The maximum Gasteiger partial charge on any atom is 0.326 e. The van der Waals surface area contributed by atoms with Crippen molar-refractivity contribution >= 4 is 12.0 Å². The number of amides is 2. The van der Waals surface area contributed by atoms with E-state index in [0.717, 1.165) is 0 Å². The first-order valence-electron chi connectivity index (χ1n) is 6.83. The fourth-order valence-corrected chi connectivity index (χ4v) is 1.41. The van der Waals surface area contributed by atoms with Gasteiger partial charge in [0.1, 0.15) is 6.04 Å². The van der Waals surface area contributed by atoms with Gasteiger partial charge in [-0.05, 0) is 23.7 Å². The maximum absolute atomic E-state index is 11.7. The highest BCUT2D eigenvalue weighted by Crippen LogP contribution is 2.24. The van der Waals surface area contributed by atoms with Crippen molar-refractivity contribution < 1.29 is 14.7 Å². The third kappa shape index (κ3) is 7.03. The normalized spacial score (nSPS) is 13.5. The van der Waals surface area contributed by atoms with Gasteiger partial charge in [-0.25, -0.2) is 9.59 Å². The van der Waals surface area contributed by atoms with Crippen LogP contribution in [0.25, 0.3) is 0 Å². The molecule has 19 heavy (non-hydrogen) atoms. The number of hydrogen-bond donors (Lipinski definition) is 3. The summed E-state index contributed by atoms with van der Waals surface area (Å²) in [6.07, 6.45) is 0.427. The van der Waals surface area contributed by atoms with Gasteiger partial charge in [-0.2, -0.15) is 0 Å². The van der Waals surface area contributed by atoms with Gasteiger partial charge in [-0.3, -0.25) is 0 Å². The Morgan fingerprint density at radius 1 is 1.16 bits per heavy atom. The molecule has 5 heteroatoms. The minimum Gasteiger partial charge on any atom is -0.480 e. The molecule has 0 heterocycles. The summed E-state index contributed by atoms with van der Waals surface area (Å²) < 4.78 is 0. The van der Waals surface area contributed by atoms with Crippen LogP contribution < -0.4 is 10.6 Å². The first-order chi connectivity index (χ1) is 8.56. The van der Waals surface area contributed by atoms with E-state index in [-0.39, 0.29) is 11.3 Å². The number of urea groups is 1. The molecule has 0 radical (unpaired) electrons. The van der Waals surface area contributed by atoms with Gasteiger partial charge < -0.3 is 15.7 Å². The average molecular weight is 272 g/mol. The molecule has 0 aromatic rings. The Bertz CT molecular complexity index is 312. The number of hydrogen-bond acceptors (Lipinski definition) is 2. The minimum atomic E-state index is -0.994. The largest absolute Gasteiger partial charge is 0.480 e. The van der Waals surface area contributed by atoms with E-state index >= 15 is 0 Å². The van der Waals surface area contributed by atoms with Gasteiger partial charge in [0, 0.05) is 6.54 Å². The van der Waals surface area contributed by atoms with Gasteiger partial charge in [0.15, 0.2) is 0 Å². The highest BCUT2D eigenvalue weighted by Gasteiger charge is 2.25. The molecular weight excluding hydrogens is 244 g/mol. The monoisotopic (exact) mass is 272 g/mol. The Morgan fingerprint density at radius 2 is 1.68 bits per heavy atom. The second-order valence-electron chi connectivity index (χ2n) is 6.49. The summed E-state index contributed by atoms with van der Waals surface area (Å²) in [5, 5.41) is 14.3. The number of carboxylic acid groups (broad SMARTS) is 1. The molecule has 0 fully saturated rings. The van der Waals surface area contributed by atoms with Crippen molar-refractivity contribution in [2.24, 2.45) is 17.3 Å². The Morgan fingerprint density at radius 3 is 2.05 bits per heavy atom. The second-order valence-corrected chi connectivity index (χ2v) is 6.49. The third-order valence-corrected chi connectivity index (χ3v) is 3.58. The molecule has 112 valence electrons. The maximum atomic E-state index is 11.7. The van der Waals surface area contributed by atoms with Crippen LogP contribution in [0.15, 0.2) is 0 Å². The molecule has 1 unspecified atom stereocenters. The number of aliphatic carboxylic acids is 1. The van der Waals surface area contributed by atoms with Gasteiger partial charge in [-0.15, -0.1) is 0 Å². The van der Waals surface area contributed by atoms with Gasteiger partial charge in [0.2, 0.25) is 0 Å². The van der Waals surface area contributed by atoms with E-state index in [1.807, 2.05) is 13.8 Å². The van der Waals surface area contributed by atoms with Crippen molar-refractivity contribution in [2.45, 2.75) is 54.0 Å². The highest BCUT2D eigenvalue weighted by atomic mass is 16.4. The smallest absolute Gasteiger partial charge is 0.326 e. The van der Waals surface area contributed by atoms with Crippen LogP contribution in [0.3, 0.4) is 0 Å². The van der Waals surface area contributed by atoms with Gasteiger partial charge in [0.25, 0.3) is 0 Å². The number of carboxylic acids is 1. The van der Waals surface area contributed by atoms with Crippen LogP contribution in [0, 0.1) is 17.3 Å². The fourth-order valence-electron chi connectivity index (χ4n) is 1.41. The Hall–Kier alpha value is -1.26. The molecule has 0 spiro atoms. The van der Waals surface area contributed by atoms with Gasteiger partial charge in [-0.1, -0.05) is 41.5 Å². The number of rotatable bonds is 7. The van der Waals surface area contributed by atoms with Crippen molar-refractivity contribution in [3.63, 3.8) is 0 Å². The molecule has 1 atom stereocenters. The third-order valence-electron chi connectivity index (χ3n) is 3.58. The molecule has 0 aliphatic carbocycles. The lowest BCUT2D eigenvalue weighted by atomic mass is 9.81. The predicted octanol–water partition coefficient (Wildman–Crippen LogP) is 2.47. The molecule has 5 nitrogen and oxygen atoms in total. The Kier molecular flexibility index (Phi) is 6.87. The van der Waals surface area contributed by atoms with E-state index in [2.05, 4.69) is 38.3 Å². The van der Waals surface area contributed by atoms with Crippen LogP contribution in [0.1, 0.15) is 48.0 Å². The quantitative estimate of drug-likeness (QED) is 0.666. The van der Waals surface area contributed by atoms with E-state index in [1.165, 1.54) is 0 Å². The molecule has 0 saturated carbocycles. The van der Waals surface area contributed by atoms with Gasteiger partial charge in [0.05, 0.1) is 0 Å². The summed E-state index contributed by atoms with van der Waals surface area (Å²) in [6, 6.07) is -1.25. The first kappa shape index (κ1) is 17.7. The summed E-state index contributed by atoms with van der Waals surface area (Å²) in [5.41, 5.74) is -0.0197. The summed E-state index contributed by atoms with van der Waals surface area (Å²) in [7, 11) is 0. The van der Waals surface area contributed by atoms with Crippen molar-refractivity contribution in [1.29, 1.82) is 0 Å². The molecule has 0 aliphatic heterocycles. The fraction of sp³-hybridized carbons (Fsp3) is 0.857. The zero-order valence-electron chi connectivity index (χ0n) is 12.9. The van der Waals surface area contributed by atoms with Crippen molar-refractivity contribution in [3.05, 3.63) is 0 Å². The van der Waals surface area contributed by atoms with E-state index in [9.17, 15) is 9.59 Å². The molecule has 0 bridgehead atoms. The van der Waals surface area contributed by atoms with Crippen molar-refractivity contribution in [3.8, 4) is 0 Å². The molecule has 2 amide bonds. The average Bonchev–Trinajstić information content (AvgIpc) is 2.24. The van der Waals surface area contributed by atoms with Crippen LogP contribution in [0.4, 0.5) is 4.79 Å². The summed E-state index contributed by atoms with van der Waals surface area (Å²) in [6.45, 7) is 12.7. The van der Waals surface area contributed by atoms with E-state index in [0.29, 0.717) is 18.9 Å². The van der Waals surface area contributed by atoms with E-state index < -0.39 is 18.0 Å². The molecular formula is C14H28N2O3. The molecule has 0 saturated heterocycles. The van der Waals surface area contributed by atoms with Crippen LogP contribution in [-0.4, -0.2) is 29.7 Å². The molecule has 0 rings (SSSR count). The number of nitrogens with one attached hydrogen (secondary N) is 2. The number of carbonyl (C=O) groups excluding carboxylic acids is 1. The first-order valence-corrected chi connectivity index (χ1v) is 6.83. The molecule has 0 aromatic carbocycles. The summed E-state index contributed by atoms with van der Waals surface area (Å²) >= 11 is 0.